The zero-order valence-electron chi connectivity index (χ0n) is 6.93. The number of halogens is 3. The molecule has 0 heterocycles. The molecule has 0 saturated heterocycles. The Labute approximate surface area is 72.8 Å². The zero-order chi connectivity index (χ0) is 10.5. The third kappa shape index (κ3) is 6.35. The predicted octanol–water partition coefficient (Wildman–Crippen LogP) is 0.413. The van der Waals surface area contributed by atoms with Crippen molar-refractivity contribution in [1.29, 1.82) is 0 Å². The van der Waals surface area contributed by atoms with E-state index in [-0.39, 0.29) is 6.61 Å². The molecule has 0 aromatic heterocycles. The Morgan fingerprint density at radius 1 is 1.54 bits per heavy atom. The molecule has 0 bridgehead atoms. The number of nitrogens with two attached hydrogens (primary N) is 1. The summed E-state index contributed by atoms with van der Waals surface area (Å²) in [5.74, 6) is -0.910. The van der Waals surface area contributed by atoms with Crippen LogP contribution in [0.5, 0.6) is 0 Å². The molecule has 2 N–H and O–H groups in total. The van der Waals surface area contributed by atoms with Crippen LogP contribution in [0.2, 0.25) is 0 Å². The minimum atomic E-state index is -4.77. The number of hydrogen-bond acceptors (Lipinski definition) is 4. The average Bonchev–Trinajstić information content (AvgIpc) is 1.99. The summed E-state index contributed by atoms with van der Waals surface area (Å²) in [5.41, 5.74) is 5.01. The molecule has 13 heavy (non-hydrogen) atoms. The Morgan fingerprint density at radius 3 is 2.46 bits per heavy atom. The first kappa shape index (κ1) is 12.2. The lowest BCUT2D eigenvalue weighted by molar-refractivity contribution is -0.325. The quantitative estimate of drug-likeness (QED) is 0.669. The number of carbonyl (C=O) groups excluding carboxylic acids is 1. The third-order valence-electron chi connectivity index (χ3n) is 1.02. The summed E-state index contributed by atoms with van der Waals surface area (Å²) in [6, 6.07) is -1.40. The van der Waals surface area contributed by atoms with Crippen molar-refractivity contribution in [1.82, 2.24) is 0 Å². The lowest BCUT2D eigenvalue weighted by Crippen LogP contribution is -2.38. The van der Waals surface area contributed by atoms with Crippen LogP contribution in [-0.4, -0.2) is 31.6 Å². The van der Waals surface area contributed by atoms with E-state index in [1.807, 2.05) is 0 Å². The maximum atomic E-state index is 11.4. The summed E-state index contributed by atoms with van der Waals surface area (Å²) < 4.78 is 42.0. The van der Waals surface area contributed by atoms with Gasteiger partial charge in [0.05, 0.1) is 13.2 Å². The molecule has 7 heteroatoms. The Balaban J connectivity index is 3.74. The Kier molecular flexibility index (Phi) is 4.71. The first-order valence-corrected chi connectivity index (χ1v) is 3.49. The van der Waals surface area contributed by atoms with E-state index in [1.54, 1.807) is 0 Å². The number of carbonyl (C=O) groups is 1. The fraction of sp³-hybridized carbons (Fsp3) is 0.833. The molecule has 0 aliphatic heterocycles. The van der Waals surface area contributed by atoms with E-state index >= 15 is 0 Å². The minimum absolute atomic E-state index is 0.0680. The van der Waals surface area contributed by atoms with Crippen LogP contribution in [0.15, 0.2) is 0 Å². The van der Waals surface area contributed by atoms with Crippen molar-refractivity contribution in [2.45, 2.75) is 19.3 Å². The minimum Gasteiger partial charge on any atom is -0.465 e. The molecule has 0 unspecified atom stereocenters. The largest absolute Gasteiger partial charge is 0.522 e. The van der Waals surface area contributed by atoms with Gasteiger partial charge in [-0.3, -0.25) is 9.53 Å². The lowest BCUT2D eigenvalue weighted by atomic mass is 10.3. The second-order valence-electron chi connectivity index (χ2n) is 2.12. The second kappa shape index (κ2) is 5.03. The molecule has 0 amide bonds. The molecule has 0 saturated carbocycles. The average molecular weight is 201 g/mol. The van der Waals surface area contributed by atoms with Gasteiger partial charge in [-0.1, -0.05) is 0 Å². The molecular formula is C6H10F3NO3. The molecule has 78 valence electrons. The Morgan fingerprint density at radius 2 is 2.08 bits per heavy atom. The summed E-state index contributed by atoms with van der Waals surface area (Å²) in [6.45, 7) is 0.663. The van der Waals surface area contributed by atoms with E-state index in [0.717, 1.165) is 0 Å². The van der Waals surface area contributed by atoms with E-state index < -0.39 is 25.0 Å². The predicted molar refractivity (Wildman–Crippen MR) is 36.6 cm³/mol. The number of alkyl halides is 3. The highest BCUT2D eigenvalue weighted by molar-refractivity contribution is 5.75. The maximum Gasteiger partial charge on any atom is 0.522 e. The monoisotopic (exact) mass is 201 g/mol. The van der Waals surface area contributed by atoms with Crippen LogP contribution in [-0.2, 0) is 14.3 Å². The molecule has 0 fully saturated rings. The van der Waals surface area contributed by atoms with Crippen LogP contribution in [0.3, 0.4) is 0 Å². The van der Waals surface area contributed by atoms with Crippen LogP contribution in [0.25, 0.3) is 0 Å². The molecule has 4 nitrogen and oxygen atoms in total. The molecule has 0 aliphatic carbocycles. The van der Waals surface area contributed by atoms with Gasteiger partial charge in [-0.2, -0.15) is 0 Å². The summed E-state index contributed by atoms with van der Waals surface area (Å²) in [5, 5.41) is 0. The molecule has 0 aromatic rings. The fourth-order valence-corrected chi connectivity index (χ4v) is 0.502. The molecule has 0 radical (unpaired) electrons. The highest BCUT2D eigenvalue weighted by atomic mass is 19.4. The molecule has 0 aromatic carbocycles. The van der Waals surface area contributed by atoms with Gasteiger partial charge >= 0.3 is 12.3 Å². The van der Waals surface area contributed by atoms with Crippen molar-refractivity contribution in [2.75, 3.05) is 13.2 Å². The SMILES string of the molecule is CCOC(=O)[C@@H](N)COC(F)(F)F. The Hall–Kier alpha value is -0.820. The van der Waals surface area contributed by atoms with E-state index in [0.29, 0.717) is 0 Å². The van der Waals surface area contributed by atoms with Crippen molar-refractivity contribution < 1.29 is 27.4 Å². The normalized spacial score (nSPS) is 13.9. The van der Waals surface area contributed by atoms with Gasteiger partial charge in [0.25, 0.3) is 0 Å². The highest BCUT2D eigenvalue weighted by Gasteiger charge is 2.31. The zero-order valence-corrected chi connectivity index (χ0v) is 6.93. The van der Waals surface area contributed by atoms with Crippen LogP contribution in [0.1, 0.15) is 6.92 Å². The van der Waals surface area contributed by atoms with Gasteiger partial charge in [0, 0.05) is 0 Å². The van der Waals surface area contributed by atoms with Crippen molar-refractivity contribution in [2.24, 2.45) is 5.73 Å². The summed E-state index contributed by atoms with van der Waals surface area (Å²) in [6.07, 6.45) is -4.77. The van der Waals surface area contributed by atoms with Crippen LogP contribution in [0.4, 0.5) is 13.2 Å². The molecule has 0 spiro atoms. The van der Waals surface area contributed by atoms with E-state index in [1.165, 1.54) is 6.92 Å². The highest BCUT2D eigenvalue weighted by Crippen LogP contribution is 2.15. The number of hydrogen-bond donors (Lipinski definition) is 1. The lowest BCUT2D eigenvalue weighted by Gasteiger charge is -2.12. The maximum absolute atomic E-state index is 11.4. The van der Waals surface area contributed by atoms with Crippen molar-refractivity contribution in [3.05, 3.63) is 0 Å². The van der Waals surface area contributed by atoms with Crippen LogP contribution in [0, 0.1) is 0 Å². The van der Waals surface area contributed by atoms with Gasteiger partial charge in [-0.05, 0) is 6.92 Å². The van der Waals surface area contributed by atoms with Gasteiger partial charge < -0.3 is 10.5 Å². The van der Waals surface area contributed by atoms with Gasteiger partial charge in [0.1, 0.15) is 6.04 Å². The fourth-order valence-electron chi connectivity index (χ4n) is 0.502. The van der Waals surface area contributed by atoms with E-state index in [9.17, 15) is 18.0 Å². The van der Waals surface area contributed by atoms with Crippen molar-refractivity contribution in [3.63, 3.8) is 0 Å². The molecule has 0 aliphatic rings. The standard InChI is InChI=1S/C6H10F3NO3/c1-2-12-5(11)4(10)3-13-6(7,8)9/h4H,2-3,10H2,1H3/t4-/m0/s1. The Bertz CT molecular complexity index is 171. The second-order valence-corrected chi connectivity index (χ2v) is 2.12. The van der Waals surface area contributed by atoms with Crippen LogP contribution >= 0.6 is 0 Å². The first-order valence-electron chi connectivity index (χ1n) is 3.49. The van der Waals surface area contributed by atoms with E-state index in [2.05, 4.69) is 9.47 Å². The number of esters is 1. The van der Waals surface area contributed by atoms with Crippen LogP contribution < -0.4 is 5.73 Å². The summed E-state index contributed by atoms with van der Waals surface area (Å²) >= 11 is 0. The van der Waals surface area contributed by atoms with Crippen molar-refractivity contribution >= 4 is 5.97 Å². The van der Waals surface area contributed by atoms with Gasteiger partial charge in [-0.15, -0.1) is 13.2 Å². The van der Waals surface area contributed by atoms with Gasteiger partial charge in [-0.25, -0.2) is 0 Å². The summed E-state index contributed by atoms with van der Waals surface area (Å²) in [4.78, 5) is 10.7. The van der Waals surface area contributed by atoms with Gasteiger partial charge in [0.15, 0.2) is 0 Å². The van der Waals surface area contributed by atoms with Crippen molar-refractivity contribution in [3.8, 4) is 0 Å². The van der Waals surface area contributed by atoms with Gasteiger partial charge in [0.2, 0.25) is 0 Å². The molecule has 0 rings (SSSR count). The molecular weight excluding hydrogens is 191 g/mol. The first-order chi connectivity index (χ1) is 5.87. The smallest absolute Gasteiger partial charge is 0.465 e. The molecule has 1 atom stereocenters. The number of rotatable bonds is 4. The summed E-state index contributed by atoms with van der Waals surface area (Å²) in [7, 11) is 0. The third-order valence-corrected chi connectivity index (χ3v) is 1.02. The van der Waals surface area contributed by atoms with E-state index in [4.69, 9.17) is 5.73 Å². The number of ether oxygens (including phenoxy) is 2. The topological polar surface area (TPSA) is 61.5 Å².